The fourth-order valence-electron chi connectivity index (χ4n) is 2.19. The highest BCUT2D eigenvalue weighted by atomic mass is 35.5. The number of rotatable bonds is 6. The van der Waals surface area contributed by atoms with Crippen LogP contribution in [-0.2, 0) is 0 Å². The molecule has 4 heteroatoms. The van der Waals surface area contributed by atoms with Gasteiger partial charge in [0.2, 0.25) is 0 Å². The molecule has 0 radical (unpaired) electrons. The van der Waals surface area contributed by atoms with E-state index in [4.69, 9.17) is 11.6 Å². The molecule has 0 unspecified atom stereocenters. The highest BCUT2D eigenvalue weighted by molar-refractivity contribution is 6.17. The minimum absolute atomic E-state index is 0.00421. The van der Waals surface area contributed by atoms with E-state index in [1.165, 1.54) is 12.8 Å². The summed E-state index contributed by atoms with van der Waals surface area (Å²) in [4.78, 5) is 14.1. The molecule has 0 bridgehead atoms. The van der Waals surface area contributed by atoms with E-state index in [-0.39, 0.29) is 11.3 Å². The molecule has 1 fully saturated rings. The van der Waals surface area contributed by atoms with E-state index >= 15 is 0 Å². The van der Waals surface area contributed by atoms with E-state index in [2.05, 4.69) is 5.32 Å². The van der Waals surface area contributed by atoms with Crippen molar-refractivity contribution in [3.63, 3.8) is 0 Å². The smallest absolute Gasteiger partial charge is 0.251 e. The molecule has 0 atom stereocenters. The van der Waals surface area contributed by atoms with Crippen LogP contribution in [0.1, 0.15) is 29.6 Å². The first-order valence-corrected chi connectivity index (χ1v) is 7.21. The second-order valence-electron chi connectivity index (χ2n) is 5.57. The molecule has 0 aromatic heterocycles. The normalized spacial score (nSPS) is 15.9. The Morgan fingerprint density at radius 3 is 2.74 bits per heavy atom. The number of benzene rings is 1. The van der Waals surface area contributed by atoms with Gasteiger partial charge in [0.05, 0.1) is 0 Å². The van der Waals surface area contributed by atoms with Gasteiger partial charge in [-0.1, -0.05) is 6.07 Å². The maximum atomic E-state index is 12.1. The first-order chi connectivity index (χ1) is 9.06. The van der Waals surface area contributed by atoms with Gasteiger partial charge in [0, 0.05) is 37.8 Å². The van der Waals surface area contributed by atoms with Gasteiger partial charge in [-0.2, -0.15) is 0 Å². The molecule has 19 heavy (non-hydrogen) atoms. The fourth-order valence-corrected chi connectivity index (χ4v) is 2.59. The maximum absolute atomic E-state index is 12.1. The summed E-state index contributed by atoms with van der Waals surface area (Å²) >= 11 is 5.80. The topological polar surface area (TPSA) is 32.3 Å². The molecule has 0 saturated heterocycles. The Morgan fingerprint density at radius 1 is 1.42 bits per heavy atom. The molecule has 0 heterocycles. The summed E-state index contributed by atoms with van der Waals surface area (Å²) < 4.78 is 0. The predicted octanol–water partition coefficient (Wildman–Crippen LogP) is 2.89. The molecule has 2 rings (SSSR count). The van der Waals surface area contributed by atoms with E-state index in [0.29, 0.717) is 11.4 Å². The number of nitrogens with one attached hydrogen (secondary N) is 1. The predicted molar refractivity (Wildman–Crippen MR) is 80.1 cm³/mol. The molecule has 1 aromatic carbocycles. The number of amides is 1. The van der Waals surface area contributed by atoms with Crippen LogP contribution in [0, 0.1) is 5.41 Å². The average Bonchev–Trinajstić information content (AvgIpc) is 3.17. The van der Waals surface area contributed by atoms with Gasteiger partial charge in [0.15, 0.2) is 0 Å². The van der Waals surface area contributed by atoms with Crippen LogP contribution in [0.2, 0.25) is 0 Å². The van der Waals surface area contributed by atoms with Crippen molar-refractivity contribution in [2.45, 2.75) is 19.3 Å². The van der Waals surface area contributed by atoms with Crippen molar-refractivity contribution in [2.24, 2.45) is 5.41 Å². The second-order valence-corrected chi connectivity index (χ2v) is 5.94. The summed E-state index contributed by atoms with van der Waals surface area (Å²) in [5.41, 5.74) is 2.03. The fraction of sp³-hybridized carbons (Fsp3) is 0.533. The molecule has 0 spiro atoms. The summed E-state index contributed by atoms with van der Waals surface area (Å²) in [6.07, 6.45) is 3.35. The first-order valence-electron chi connectivity index (χ1n) is 6.68. The number of carbonyl (C=O) groups excluding carboxylic acids is 1. The Bertz CT molecular complexity index is 455. The first kappa shape index (κ1) is 14.2. The highest BCUT2D eigenvalue weighted by Crippen LogP contribution is 2.48. The zero-order valence-corrected chi connectivity index (χ0v) is 12.3. The van der Waals surface area contributed by atoms with Crippen LogP contribution in [0.5, 0.6) is 0 Å². The third-order valence-electron chi connectivity index (χ3n) is 3.83. The van der Waals surface area contributed by atoms with Gasteiger partial charge in [0.25, 0.3) is 5.91 Å². The number of hydrogen-bond acceptors (Lipinski definition) is 2. The van der Waals surface area contributed by atoms with Crippen LogP contribution in [0.25, 0.3) is 0 Å². The summed E-state index contributed by atoms with van der Waals surface area (Å²) in [5.74, 6) is 0.677. The zero-order chi connectivity index (χ0) is 13.9. The SMILES string of the molecule is CN(C)c1cccc(C(=O)NCC2(CCCl)CC2)c1. The lowest BCUT2D eigenvalue weighted by atomic mass is 10.0. The van der Waals surface area contributed by atoms with Crippen LogP contribution >= 0.6 is 11.6 Å². The van der Waals surface area contributed by atoms with Gasteiger partial charge in [0.1, 0.15) is 0 Å². The molecule has 1 amide bonds. The Hall–Kier alpha value is -1.22. The van der Waals surface area contributed by atoms with E-state index in [9.17, 15) is 4.79 Å². The Labute approximate surface area is 119 Å². The van der Waals surface area contributed by atoms with E-state index in [0.717, 1.165) is 18.7 Å². The van der Waals surface area contributed by atoms with Gasteiger partial charge in [-0.3, -0.25) is 4.79 Å². The number of hydrogen-bond donors (Lipinski definition) is 1. The maximum Gasteiger partial charge on any atom is 0.251 e. The van der Waals surface area contributed by atoms with Gasteiger partial charge >= 0.3 is 0 Å². The molecule has 1 aliphatic rings. The third-order valence-corrected chi connectivity index (χ3v) is 4.02. The minimum atomic E-state index is 0.00421. The van der Waals surface area contributed by atoms with E-state index < -0.39 is 0 Å². The molecule has 1 aliphatic carbocycles. The molecular formula is C15H21ClN2O. The molecule has 104 valence electrons. The van der Waals surface area contributed by atoms with Gasteiger partial charge in [-0.15, -0.1) is 11.6 Å². The molecular weight excluding hydrogens is 260 g/mol. The van der Waals surface area contributed by atoms with Crippen LogP contribution in [-0.4, -0.2) is 32.4 Å². The quantitative estimate of drug-likeness (QED) is 0.813. The van der Waals surface area contributed by atoms with Crippen molar-refractivity contribution in [3.8, 4) is 0 Å². The minimum Gasteiger partial charge on any atom is -0.378 e. The standard InChI is InChI=1S/C15H21ClN2O/c1-18(2)13-5-3-4-12(10-13)14(19)17-11-15(6-7-15)8-9-16/h3-5,10H,6-9,11H2,1-2H3,(H,17,19). The van der Waals surface area contributed by atoms with Gasteiger partial charge in [-0.25, -0.2) is 0 Å². The van der Waals surface area contributed by atoms with Crippen LogP contribution in [0.15, 0.2) is 24.3 Å². The van der Waals surface area contributed by atoms with Crippen LogP contribution in [0.4, 0.5) is 5.69 Å². The molecule has 1 aromatic rings. The Morgan fingerprint density at radius 2 is 2.16 bits per heavy atom. The molecule has 1 saturated carbocycles. The van der Waals surface area contributed by atoms with Crippen molar-refractivity contribution in [1.29, 1.82) is 0 Å². The number of halogens is 1. The van der Waals surface area contributed by atoms with Crippen molar-refractivity contribution in [1.82, 2.24) is 5.32 Å². The average molecular weight is 281 g/mol. The van der Waals surface area contributed by atoms with Crippen molar-refractivity contribution in [2.75, 3.05) is 31.4 Å². The van der Waals surface area contributed by atoms with Crippen molar-refractivity contribution >= 4 is 23.2 Å². The van der Waals surface area contributed by atoms with E-state index in [1.54, 1.807) is 0 Å². The van der Waals surface area contributed by atoms with Crippen molar-refractivity contribution in [3.05, 3.63) is 29.8 Å². The summed E-state index contributed by atoms with van der Waals surface area (Å²) in [6, 6.07) is 7.67. The van der Waals surface area contributed by atoms with Crippen LogP contribution < -0.4 is 10.2 Å². The lowest BCUT2D eigenvalue weighted by Gasteiger charge is -2.16. The summed E-state index contributed by atoms with van der Waals surface area (Å²) in [7, 11) is 3.94. The van der Waals surface area contributed by atoms with E-state index in [1.807, 2.05) is 43.3 Å². The van der Waals surface area contributed by atoms with Crippen LogP contribution in [0.3, 0.4) is 0 Å². The Balaban J connectivity index is 1.95. The summed E-state index contributed by atoms with van der Waals surface area (Å²) in [5, 5.41) is 3.04. The lowest BCUT2D eigenvalue weighted by Crippen LogP contribution is -2.30. The van der Waals surface area contributed by atoms with Gasteiger partial charge in [-0.05, 0) is 42.9 Å². The van der Waals surface area contributed by atoms with Gasteiger partial charge < -0.3 is 10.2 Å². The van der Waals surface area contributed by atoms with Crippen molar-refractivity contribution < 1.29 is 4.79 Å². The summed E-state index contributed by atoms with van der Waals surface area (Å²) in [6.45, 7) is 0.741. The Kier molecular flexibility index (Phi) is 4.35. The highest BCUT2D eigenvalue weighted by Gasteiger charge is 2.41. The third kappa shape index (κ3) is 3.63. The second kappa shape index (κ2) is 5.83. The number of anilines is 1. The number of nitrogens with zero attached hydrogens (tertiary/aromatic N) is 1. The largest absolute Gasteiger partial charge is 0.378 e. The zero-order valence-electron chi connectivity index (χ0n) is 11.6. The molecule has 1 N–H and O–H groups in total. The molecule has 3 nitrogen and oxygen atoms in total. The number of alkyl halides is 1. The monoisotopic (exact) mass is 280 g/mol. The molecule has 0 aliphatic heterocycles. The number of carbonyl (C=O) groups is 1. The lowest BCUT2D eigenvalue weighted by molar-refractivity contribution is 0.0944.